The van der Waals surface area contributed by atoms with Crippen LogP contribution in [-0.2, 0) is 10.0 Å². The van der Waals surface area contributed by atoms with Crippen molar-refractivity contribution in [1.82, 2.24) is 4.72 Å². The number of rotatable bonds is 8. The number of unbranched alkanes of at least 4 members (excludes halogenated alkanes) is 1. The van der Waals surface area contributed by atoms with Crippen molar-refractivity contribution in [2.24, 2.45) is 0 Å². The number of carbonyl (C=O) groups excluding carboxylic acids is 1. The van der Waals surface area contributed by atoms with Gasteiger partial charge in [0, 0.05) is 17.1 Å². The van der Waals surface area contributed by atoms with Gasteiger partial charge in [0.25, 0.3) is 5.91 Å². The first kappa shape index (κ1) is 20.2. The van der Waals surface area contributed by atoms with Gasteiger partial charge in [-0.15, -0.1) is 0 Å². The molecule has 2 N–H and O–H groups in total. The molecule has 0 aromatic heterocycles. The third-order valence-corrected chi connectivity index (χ3v) is 5.37. The summed E-state index contributed by atoms with van der Waals surface area (Å²) in [6.45, 7) is 2.34. The zero-order chi connectivity index (χ0) is 19.2. The quantitative estimate of drug-likeness (QED) is 0.666. The maximum absolute atomic E-state index is 12.4. The van der Waals surface area contributed by atoms with Crippen LogP contribution >= 0.6 is 11.6 Å². The summed E-state index contributed by atoms with van der Waals surface area (Å²) >= 11 is 5.82. The highest BCUT2D eigenvalue weighted by atomic mass is 35.5. The van der Waals surface area contributed by atoms with Crippen LogP contribution in [0.1, 0.15) is 30.1 Å². The Labute approximate surface area is 158 Å². The monoisotopic (exact) mass is 396 g/mol. The Hall–Kier alpha value is -2.09. The van der Waals surface area contributed by atoms with E-state index in [1.165, 1.54) is 25.3 Å². The van der Waals surface area contributed by atoms with Crippen molar-refractivity contribution < 1.29 is 17.9 Å². The third-order valence-electron chi connectivity index (χ3n) is 3.66. The van der Waals surface area contributed by atoms with Crippen LogP contribution in [0.15, 0.2) is 47.4 Å². The molecule has 6 nitrogen and oxygen atoms in total. The number of hydrogen-bond acceptors (Lipinski definition) is 4. The molecule has 0 radical (unpaired) electrons. The second kappa shape index (κ2) is 9.02. The molecule has 0 aliphatic heterocycles. The molecule has 0 atom stereocenters. The van der Waals surface area contributed by atoms with Gasteiger partial charge >= 0.3 is 0 Å². The zero-order valence-electron chi connectivity index (χ0n) is 14.6. The van der Waals surface area contributed by atoms with Gasteiger partial charge in [-0.2, -0.15) is 0 Å². The number of anilines is 1. The van der Waals surface area contributed by atoms with E-state index in [0.717, 1.165) is 12.8 Å². The Kier molecular flexibility index (Phi) is 7.02. The first-order chi connectivity index (χ1) is 12.4. The Morgan fingerprint density at radius 1 is 1.15 bits per heavy atom. The number of halogens is 1. The lowest BCUT2D eigenvalue weighted by molar-refractivity contribution is 0.102. The van der Waals surface area contributed by atoms with E-state index < -0.39 is 15.9 Å². The van der Waals surface area contributed by atoms with Crippen molar-refractivity contribution in [3.8, 4) is 5.75 Å². The minimum Gasteiger partial charge on any atom is -0.495 e. The highest BCUT2D eigenvalue weighted by molar-refractivity contribution is 7.89. The van der Waals surface area contributed by atoms with Crippen molar-refractivity contribution in [2.45, 2.75) is 24.7 Å². The summed E-state index contributed by atoms with van der Waals surface area (Å²) in [6.07, 6.45) is 1.63. The van der Waals surface area contributed by atoms with Crippen molar-refractivity contribution in [2.75, 3.05) is 19.0 Å². The smallest absolute Gasteiger partial charge is 0.255 e. The molecule has 0 spiro atoms. The summed E-state index contributed by atoms with van der Waals surface area (Å²) in [7, 11) is -2.21. The van der Waals surface area contributed by atoms with Gasteiger partial charge in [-0.1, -0.05) is 24.9 Å². The van der Waals surface area contributed by atoms with E-state index in [1.807, 2.05) is 6.92 Å². The Morgan fingerprint density at radius 3 is 2.46 bits per heavy atom. The predicted molar refractivity (Wildman–Crippen MR) is 102 cm³/mol. The number of methoxy groups -OCH3 is 1. The van der Waals surface area contributed by atoms with Crippen LogP contribution in [0.3, 0.4) is 0 Å². The van der Waals surface area contributed by atoms with Gasteiger partial charge in [0.15, 0.2) is 0 Å². The van der Waals surface area contributed by atoms with Gasteiger partial charge in [-0.25, -0.2) is 13.1 Å². The van der Waals surface area contributed by atoms with E-state index in [1.54, 1.807) is 24.3 Å². The molecule has 0 unspecified atom stereocenters. The lowest BCUT2D eigenvalue weighted by atomic mass is 10.2. The Balaban J connectivity index is 2.26. The van der Waals surface area contributed by atoms with E-state index in [-0.39, 0.29) is 10.6 Å². The molecule has 140 valence electrons. The molecule has 0 saturated heterocycles. The van der Waals surface area contributed by atoms with Gasteiger partial charge in [0.05, 0.1) is 17.7 Å². The molecule has 0 aliphatic carbocycles. The first-order valence-electron chi connectivity index (χ1n) is 8.12. The van der Waals surface area contributed by atoms with E-state index >= 15 is 0 Å². The minimum atomic E-state index is -3.66. The maximum atomic E-state index is 12.4. The normalized spacial score (nSPS) is 11.2. The van der Waals surface area contributed by atoms with Crippen LogP contribution < -0.4 is 14.8 Å². The molecular formula is C18H21ClN2O4S. The second-order valence-corrected chi connectivity index (χ2v) is 7.78. The molecule has 0 aliphatic rings. The average molecular weight is 397 g/mol. The molecule has 2 rings (SSSR count). The molecule has 2 aromatic rings. The van der Waals surface area contributed by atoms with Crippen molar-refractivity contribution in [3.63, 3.8) is 0 Å². The minimum absolute atomic E-state index is 0.0563. The number of hydrogen-bond donors (Lipinski definition) is 2. The van der Waals surface area contributed by atoms with Crippen molar-refractivity contribution >= 4 is 33.2 Å². The van der Waals surface area contributed by atoms with E-state index in [4.69, 9.17) is 16.3 Å². The molecule has 8 heteroatoms. The molecule has 1 amide bonds. The van der Waals surface area contributed by atoms with Gasteiger partial charge < -0.3 is 10.1 Å². The fraction of sp³-hybridized carbons (Fsp3) is 0.278. The summed E-state index contributed by atoms with van der Waals surface area (Å²) in [5.74, 6) is -0.0340. The van der Waals surface area contributed by atoms with Gasteiger partial charge in [0.2, 0.25) is 10.0 Å². The second-order valence-electron chi connectivity index (χ2n) is 5.57. The summed E-state index contributed by atoms with van der Waals surface area (Å²) in [5.41, 5.74) is 0.664. The molecule has 26 heavy (non-hydrogen) atoms. The van der Waals surface area contributed by atoms with Crippen LogP contribution in [0.2, 0.25) is 5.02 Å². The maximum Gasteiger partial charge on any atom is 0.255 e. The van der Waals surface area contributed by atoms with Crippen LogP contribution in [0.4, 0.5) is 5.69 Å². The number of nitrogens with one attached hydrogen (secondary N) is 2. The SMILES string of the molecule is CCCCNS(=O)(=O)c1ccc(OC)c(NC(=O)c2ccc(Cl)cc2)c1. The van der Waals surface area contributed by atoms with Crippen LogP contribution in [0, 0.1) is 0 Å². The number of ether oxygens (including phenoxy) is 1. The summed E-state index contributed by atoms with van der Waals surface area (Å²) in [6, 6.07) is 10.7. The standard InChI is InChI=1S/C18H21ClN2O4S/c1-3-4-11-20-26(23,24)15-9-10-17(25-2)16(12-15)21-18(22)13-5-7-14(19)8-6-13/h5-10,12,20H,3-4,11H2,1-2H3,(H,21,22). The molecule has 0 bridgehead atoms. The van der Waals surface area contributed by atoms with Crippen LogP contribution in [-0.4, -0.2) is 28.0 Å². The molecule has 0 heterocycles. The van der Waals surface area contributed by atoms with E-state index in [0.29, 0.717) is 22.9 Å². The highest BCUT2D eigenvalue weighted by Crippen LogP contribution is 2.28. The molecule has 2 aromatic carbocycles. The molecule has 0 fully saturated rings. The number of carbonyl (C=O) groups is 1. The molecular weight excluding hydrogens is 376 g/mol. The summed E-state index contributed by atoms with van der Waals surface area (Å²) < 4.78 is 32.5. The van der Waals surface area contributed by atoms with Gasteiger partial charge in [-0.05, 0) is 48.9 Å². The summed E-state index contributed by atoms with van der Waals surface area (Å²) in [5, 5.41) is 3.20. The lowest BCUT2D eigenvalue weighted by Gasteiger charge is -2.13. The van der Waals surface area contributed by atoms with Crippen molar-refractivity contribution in [3.05, 3.63) is 53.1 Å². The number of amides is 1. The van der Waals surface area contributed by atoms with E-state index in [9.17, 15) is 13.2 Å². The third kappa shape index (κ3) is 5.20. The Morgan fingerprint density at radius 2 is 1.85 bits per heavy atom. The van der Waals surface area contributed by atoms with Gasteiger partial charge in [-0.3, -0.25) is 4.79 Å². The topological polar surface area (TPSA) is 84.5 Å². The van der Waals surface area contributed by atoms with Crippen LogP contribution in [0.25, 0.3) is 0 Å². The van der Waals surface area contributed by atoms with Gasteiger partial charge in [0.1, 0.15) is 5.75 Å². The fourth-order valence-corrected chi connectivity index (χ4v) is 3.44. The zero-order valence-corrected chi connectivity index (χ0v) is 16.2. The lowest BCUT2D eigenvalue weighted by Crippen LogP contribution is -2.25. The fourth-order valence-electron chi connectivity index (χ4n) is 2.21. The average Bonchev–Trinajstić information content (AvgIpc) is 2.62. The number of sulfonamides is 1. The largest absolute Gasteiger partial charge is 0.495 e. The first-order valence-corrected chi connectivity index (χ1v) is 9.98. The Bertz CT molecular complexity index is 867. The van der Waals surface area contributed by atoms with Crippen molar-refractivity contribution in [1.29, 1.82) is 0 Å². The predicted octanol–water partition coefficient (Wildman–Crippen LogP) is 3.68. The summed E-state index contributed by atoms with van der Waals surface area (Å²) in [4.78, 5) is 12.4. The molecule has 0 saturated carbocycles. The van der Waals surface area contributed by atoms with E-state index in [2.05, 4.69) is 10.0 Å². The number of benzene rings is 2. The highest BCUT2D eigenvalue weighted by Gasteiger charge is 2.17. The van der Waals surface area contributed by atoms with Crippen LogP contribution in [0.5, 0.6) is 5.75 Å².